The maximum Gasteiger partial charge on any atom is 0.416 e. The van der Waals surface area contributed by atoms with Crippen LogP contribution in [0.5, 0.6) is 0 Å². The van der Waals surface area contributed by atoms with Gasteiger partial charge in [-0.25, -0.2) is 0 Å². The highest BCUT2D eigenvalue weighted by Crippen LogP contribution is 2.29. The second-order valence-electron chi connectivity index (χ2n) is 7.09. The first kappa shape index (κ1) is 21.5. The molecule has 0 bridgehead atoms. The van der Waals surface area contributed by atoms with Crippen molar-refractivity contribution in [2.45, 2.75) is 25.7 Å². The van der Waals surface area contributed by atoms with Crippen LogP contribution < -0.4 is 10.2 Å². The summed E-state index contributed by atoms with van der Waals surface area (Å²) in [5.74, 6) is -0.192. The van der Waals surface area contributed by atoms with Crippen molar-refractivity contribution in [2.75, 3.05) is 31.1 Å². The summed E-state index contributed by atoms with van der Waals surface area (Å²) in [5.41, 5.74) is 0.805. The van der Waals surface area contributed by atoms with Crippen LogP contribution in [-0.4, -0.2) is 43.0 Å². The second kappa shape index (κ2) is 9.05. The Morgan fingerprint density at radius 1 is 1.10 bits per heavy atom. The van der Waals surface area contributed by atoms with E-state index in [0.29, 0.717) is 10.6 Å². The zero-order valence-corrected chi connectivity index (χ0v) is 16.8. The summed E-state index contributed by atoms with van der Waals surface area (Å²) in [6.07, 6.45) is -4.39. The monoisotopic (exact) mass is 425 g/mol. The van der Waals surface area contributed by atoms with Crippen molar-refractivity contribution in [3.8, 4) is 0 Å². The van der Waals surface area contributed by atoms with E-state index in [0.717, 1.165) is 44.0 Å². The average molecular weight is 426 g/mol. The number of anilines is 1. The Labute approximate surface area is 173 Å². The molecule has 1 aliphatic heterocycles. The van der Waals surface area contributed by atoms with Gasteiger partial charge < -0.3 is 10.2 Å². The number of alkyl halides is 3. The van der Waals surface area contributed by atoms with Crippen molar-refractivity contribution in [1.29, 1.82) is 0 Å². The van der Waals surface area contributed by atoms with Crippen LogP contribution in [0.2, 0.25) is 5.02 Å². The molecule has 1 N–H and O–H groups in total. The topological polar surface area (TPSA) is 35.6 Å². The highest BCUT2D eigenvalue weighted by Gasteiger charge is 2.30. The van der Waals surface area contributed by atoms with Crippen LogP contribution in [0, 0.1) is 0 Å². The smallest absolute Gasteiger partial charge is 0.369 e. The van der Waals surface area contributed by atoms with Crippen LogP contribution in [0.4, 0.5) is 18.9 Å². The molecule has 0 unspecified atom stereocenters. The number of halogens is 4. The lowest BCUT2D eigenvalue weighted by atomic mass is 10.1. The predicted octanol–water partition coefficient (Wildman–Crippen LogP) is 4.19. The molecule has 156 valence electrons. The molecule has 0 saturated carbocycles. The van der Waals surface area contributed by atoms with Gasteiger partial charge in [0.25, 0.3) is 0 Å². The molecule has 1 fully saturated rings. The summed E-state index contributed by atoms with van der Waals surface area (Å²) in [5, 5.41) is 3.44. The van der Waals surface area contributed by atoms with E-state index in [1.54, 1.807) is 6.07 Å². The van der Waals surface area contributed by atoms with Crippen LogP contribution in [0.3, 0.4) is 0 Å². The summed E-state index contributed by atoms with van der Waals surface area (Å²) in [4.78, 5) is 16.8. The summed E-state index contributed by atoms with van der Waals surface area (Å²) >= 11 is 5.93. The highest BCUT2D eigenvalue weighted by atomic mass is 35.5. The zero-order chi connectivity index (χ0) is 21.0. The zero-order valence-electron chi connectivity index (χ0n) is 16.0. The number of carbonyl (C=O) groups excluding carboxylic acids is 1. The average Bonchev–Trinajstić information content (AvgIpc) is 2.72. The third-order valence-electron chi connectivity index (χ3n) is 5.15. The molecule has 1 amide bonds. The Kier molecular flexibility index (Phi) is 6.70. The van der Waals surface area contributed by atoms with Crippen LogP contribution in [0.15, 0.2) is 48.5 Å². The molecule has 2 aromatic rings. The first-order chi connectivity index (χ1) is 13.7. The summed E-state index contributed by atoms with van der Waals surface area (Å²) < 4.78 is 38.4. The molecule has 0 spiro atoms. The normalized spacial score (nSPS) is 16.5. The molecule has 1 heterocycles. The number of carbonyl (C=O) groups is 1. The lowest BCUT2D eigenvalue weighted by Gasteiger charge is -2.38. The predicted molar refractivity (Wildman–Crippen MR) is 108 cm³/mol. The van der Waals surface area contributed by atoms with E-state index in [9.17, 15) is 18.0 Å². The van der Waals surface area contributed by atoms with Gasteiger partial charge >= 0.3 is 6.18 Å². The van der Waals surface area contributed by atoms with E-state index < -0.39 is 11.7 Å². The SMILES string of the molecule is C[C@H](C(=O)NCc1cccc(C(F)(F)F)c1)N1CCN(c2ccc(Cl)cc2)CC1. The summed E-state index contributed by atoms with van der Waals surface area (Å²) in [7, 11) is 0. The molecule has 0 aliphatic carbocycles. The van der Waals surface area contributed by atoms with Crippen molar-refractivity contribution in [3.63, 3.8) is 0 Å². The van der Waals surface area contributed by atoms with E-state index in [1.165, 1.54) is 6.07 Å². The molecular weight excluding hydrogens is 403 g/mol. The van der Waals surface area contributed by atoms with Crippen LogP contribution in [0.25, 0.3) is 0 Å². The molecule has 29 heavy (non-hydrogen) atoms. The molecule has 2 aromatic carbocycles. The van der Waals surface area contributed by atoms with E-state index in [-0.39, 0.29) is 18.5 Å². The fourth-order valence-electron chi connectivity index (χ4n) is 3.38. The molecule has 8 heteroatoms. The number of amides is 1. The van der Waals surface area contributed by atoms with Crippen molar-refractivity contribution in [1.82, 2.24) is 10.2 Å². The number of nitrogens with one attached hydrogen (secondary N) is 1. The van der Waals surface area contributed by atoms with Crippen LogP contribution in [-0.2, 0) is 17.5 Å². The van der Waals surface area contributed by atoms with E-state index in [1.807, 2.05) is 31.2 Å². The van der Waals surface area contributed by atoms with Gasteiger partial charge in [-0.2, -0.15) is 13.2 Å². The van der Waals surface area contributed by atoms with Crippen molar-refractivity contribution in [2.24, 2.45) is 0 Å². The minimum absolute atomic E-state index is 0.0673. The molecule has 1 aliphatic rings. The quantitative estimate of drug-likeness (QED) is 0.780. The molecule has 4 nitrogen and oxygen atoms in total. The van der Waals surface area contributed by atoms with Crippen molar-refractivity contribution < 1.29 is 18.0 Å². The fraction of sp³-hybridized carbons (Fsp3) is 0.381. The van der Waals surface area contributed by atoms with E-state index in [4.69, 9.17) is 11.6 Å². The van der Waals surface area contributed by atoms with Gasteiger partial charge in [-0.1, -0.05) is 23.7 Å². The van der Waals surface area contributed by atoms with Gasteiger partial charge in [-0.15, -0.1) is 0 Å². The minimum atomic E-state index is -4.39. The van der Waals surface area contributed by atoms with Crippen LogP contribution in [0.1, 0.15) is 18.1 Å². The Hall–Kier alpha value is -2.25. The van der Waals surface area contributed by atoms with Gasteiger partial charge in [-0.05, 0) is 48.9 Å². The largest absolute Gasteiger partial charge is 0.416 e. The highest BCUT2D eigenvalue weighted by molar-refractivity contribution is 6.30. The molecule has 0 radical (unpaired) electrons. The Balaban J connectivity index is 1.50. The first-order valence-electron chi connectivity index (χ1n) is 9.42. The van der Waals surface area contributed by atoms with E-state index in [2.05, 4.69) is 15.1 Å². The summed E-state index contributed by atoms with van der Waals surface area (Å²) in [6, 6.07) is 12.3. The fourth-order valence-corrected chi connectivity index (χ4v) is 3.51. The van der Waals surface area contributed by atoms with Crippen molar-refractivity contribution >= 4 is 23.2 Å². The summed E-state index contributed by atoms with van der Waals surface area (Å²) in [6.45, 7) is 4.90. The maximum atomic E-state index is 12.8. The Morgan fingerprint density at radius 3 is 2.38 bits per heavy atom. The van der Waals surface area contributed by atoms with Gasteiger partial charge in [-0.3, -0.25) is 9.69 Å². The number of hydrogen-bond acceptors (Lipinski definition) is 3. The first-order valence-corrected chi connectivity index (χ1v) is 9.80. The minimum Gasteiger partial charge on any atom is -0.369 e. The molecule has 0 aromatic heterocycles. The number of benzene rings is 2. The van der Waals surface area contributed by atoms with Gasteiger partial charge in [0.15, 0.2) is 0 Å². The second-order valence-corrected chi connectivity index (χ2v) is 7.53. The van der Waals surface area contributed by atoms with Gasteiger partial charge in [0.2, 0.25) is 5.91 Å². The Bertz CT molecular complexity index is 834. The molecule has 1 atom stereocenters. The Morgan fingerprint density at radius 2 is 1.76 bits per heavy atom. The number of nitrogens with zero attached hydrogens (tertiary/aromatic N) is 2. The number of hydrogen-bond donors (Lipinski definition) is 1. The van der Waals surface area contributed by atoms with Gasteiger partial charge in [0.1, 0.15) is 0 Å². The van der Waals surface area contributed by atoms with Gasteiger partial charge in [0.05, 0.1) is 11.6 Å². The third-order valence-corrected chi connectivity index (χ3v) is 5.41. The molecule has 1 saturated heterocycles. The lowest BCUT2D eigenvalue weighted by Crippen LogP contribution is -2.53. The van der Waals surface area contributed by atoms with E-state index >= 15 is 0 Å². The molecule has 3 rings (SSSR count). The van der Waals surface area contributed by atoms with Crippen molar-refractivity contribution in [3.05, 3.63) is 64.7 Å². The standard InChI is InChI=1S/C21H23ClF3N3O/c1-15(20(29)26-14-16-3-2-4-17(13-16)21(23,24)25)27-9-11-28(12-10-27)19-7-5-18(22)6-8-19/h2-8,13,15H,9-12,14H2,1H3,(H,26,29)/t15-/m1/s1. The third kappa shape index (κ3) is 5.64. The lowest BCUT2D eigenvalue weighted by molar-refractivity contribution is -0.137. The van der Waals surface area contributed by atoms with Gasteiger partial charge in [0, 0.05) is 43.4 Å². The van der Waals surface area contributed by atoms with Crippen LogP contribution >= 0.6 is 11.6 Å². The number of rotatable bonds is 5. The number of piperazine rings is 1. The molecular formula is C21H23ClF3N3O. The maximum absolute atomic E-state index is 12.8.